The first-order valence-electron chi connectivity index (χ1n) is 8.04. The Morgan fingerprint density at radius 3 is 2.31 bits per heavy atom. The smallest absolute Gasteiger partial charge is 0.335 e. The van der Waals surface area contributed by atoms with Crippen molar-refractivity contribution in [1.29, 1.82) is 5.26 Å². The second kappa shape index (κ2) is 8.93. The molecule has 0 aliphatic heterocycles. The molecular formula is C20H18ClNO4. The lowest BCUT2D eigenvalue weighted by molar-refractivity contribution is 0.0697. The van der Waals surface area contributed by atoms with Crippen molar-refractivity contribution in [3.63, 3.8) is 0 Å². The number of allylic oxidation sites excluding steroid dienone is 1. The van der Waals surface area contributed by atoms with Gasteiger partial charge in [-0.2, -0.15) is 5.26 Å². The molecule has 0 fully saturated rings. The van der Waals surface area contributed by atoms with Gasteiger partial charge in [0.2, 0.25) is 0 Å². The van der Waals surface area contributed by atoms with E-state index in [0.29, 0.717) is 46.4 Å². The number of nitriles is 1. The highest BCUT2D eigenvalue weighted by atomic mass is 35.5. The monoisotopic (exact) mass is 371 g/mol. The zero-order chi connectivity index (χ0) is 19.1. The summed E-state index contributed by atoms with van der Waals surface area (Å²) in [6, 6.07) is 11.7. The Morgan fingerprint density at radius 1 is 1.15 bits per heavy atom. The average molecular weight is 372 g/mol. The summed E-state index contributed by atoms with van der Waals surface area (Å²) in [5.41, 5.74) is 1.83. The second-order valence-corrected chi connectivity index (χ2v) is 5.66. The normalized spacial score (nSPS) is 10.9. The van der Waals surface area contributed by atoms with E-state index in [1.165, 1.54) is 12.1 Å². The molecule has 1 N–H and O–H groups in total. The van der Waals surface area contributed by atoms with Crippen molar-refractivity contribution >= 4 is 29.2 Å². The number of carboxylic acids is 1. The van der Waals surface area contributed by atoms with E-state index in [1.54, 1.807) is 30.3 Å². The van der Waals surface area contributed by atoms with Gasteiger partial charge in [-0.3, -0.25) is 0 Å². The van der Waals surface area contributed by atoms with Gasteiger partial charge < -0.3 is 14.6 Å². The molecule has 2 rings (SSSR count). The van der Waals surface area contributed by atoms with Gasteiger partial charge in [0.1, 0.15) is 0 Å². The van der Waals surface area contributed by atoms with E-state index >= 15 is 0 Å². The van der Waals surface area contributed by atoms with Gasteiger partial charge in [0, 0.05) is 0 Å². The van der Waals surface area contributed by atoms with E-state index in [-0.39, 0.29) is 5.56 Å². The number of hydrogen-bond donors (Lipinski definition) is 1. The van der Waals surface area contributed by atoms with Crippen LogP contribution < -0.4 is 9.47 Å². The molecule has 0 aromatic heterocycles. The van der Waals surface area contributed by atoms with Gasteiger partial charge in [0.05, 0.1) is 35.4 Å². The van der Waals surface area contributed by atoms with Crippen LogP contribution in [-0.2, 0) is 0 Å². The Morgan fingerprint density at radius 2 is 1.77 bits per heavy atom. The molecule has 0 heterocycles. The molecule has 0 bridgehead atoms. The number of carboxylic acid groups (broad SMARTS) is 1. The third-order valence-electron chi connectivity index (χ3n) is 3.49. The van der Waals surface area contributed by atoms with Gasteiger partial charge in [-0.05, 0) is 55.3 Å². The van der Waals surface area contributed by atoms with Crippen LogP contribution in [0.2, 0.25) is 5.02 Å². The number of rotatable bonds is 7. The summed E-state index contributed by atoms with van der Waals surface area (Å²) in [6.07, 6.45) is 1.67. The van der Waals surface area contributed by atoms with Crippen molar-refractivity contribution in [2.75, 3.05) is 13.2 Å². The number of carbonyl (C=O) groups is 1. The van der Waals surface area contributed by atoms with E-state index in [1.807, 2.05) is 13.8 Å². The summed E-state index contributed by atoms with van der Waals surface area (Å²) in [7, 11) is 0. The van der Waals surface area contributed by atoms with Crippen LogP contribution in [0.3, 0.4) is 0 Å². The van der Waals surface area contributed by atoms with Crippen LogP contribution in [0.25, 0.3) is 11.6 Å². The first kappa shape index (κ1) is 19.4. The number of nitrogens with zero attached hydrogens (tertiary/aromatic N) is 1. The van der Waals surface area contributed by atoms with Crippen molar-refractivity contribution in [3.8, 4) is 17.6 Å². The van der Waals surface area contributed by atoms with Crippen molar-refractivity contribution in [3.05, 3.63) is 58.1 Å². The number of hydrogen-bond acceptors (Lipinski definition) is 4. The van der Waals surface area contributed by atoms with Crippen LogP contribution in [0.1, 0.15) is 35.3 Å². The fourth-order valence-electron chi connectivity index (χ4n) is 2.36. The standard InChI is InChI=1S/C20H18ClNO4/c1-3-25-18-11-13(10-17(21)19(18)26-4-2)9-16(12-22)14-5-7-15(8-6-14)20(23)24/h5-11H,3-4H2,1-2H3,(H,23,24)/b16-9-. The minimum atomic E-state index is -1.02. The molecule has 0 saturated carbocycles. The van der Waals surface area contributed by atoms with Crippen molar-refractivity contribution in [1.82, 2.24) is 0 Å². The molecule has 0 saturated heterocycles. The maximum Gasteiger partial charge on any atom is 0.335 e. The van der Waals surface area contributed by atoms with E-state index in [0.717, 1.165) is 0 Å². The Balaban J connectivity index is 2.45. The lowest BCUT2D eigenvalue weighted by Crippen LogP contribution is -1.99. The fourth-order valence-corrected chi connectivity index (χ4v) is 2.63. The minimum Gasteiger partial charge on any atom is -0.490 e. The van der Waals surface area contributed by atoms with Gasteiger partial charge in [-0.15, -0.1) is 0 Å². The quantitative estimate of drug-likeness (QED) is 0.553. The topological polar surface area (TPSA) is 79.5 Å². The predicted molar refractivity (Wildman–Crippen MR) is 101 cm³/mol. The van der Waals surface area contributed by atoms with Gasteiger partial charge >= 0.3 is 5.97 Å². The van der Waals surface area contributed by atoms with E-state index in [2.05, 4.69) is 6.07 Å². The highest BCUT2D eigenvalue weighted by Gasteiger charge is 2.12. The second-order valence-electron chi connectivity index (χ2n) is 5.25. The largest absolute Gasteiger partial charge is 0.490 e. The molecule has 0 unspecified atom stereocenters. The fraction of sp³-hybridized carbons (Fsp3) is 0.200. The predicted octanol–water partition coefficient (Wildman–Crippen LogP) is 4.90. The van der Waals surface area contributed by atoms with E-state index in [9.17, 15) is 10.1 Å². The maximum atomic E-state index is 10.9. The Kier molecular flexibility index (Phi) is 6.65. The first-order valence-corrected chi connectivity index (χ1v) is 8.42. The molecule has 0 aliphatic carbocycles. The lowest BCUT2D eigenvalue weighted by atomic mass is 10.0. The Hall–Kier alpha value is -2.97. The van der Waals surface area contributed by atoms with Gasteiger partial charge in [0.15, 0.2) is 11.5 Å². The third kappa shape index (κ3) is 4.56. The molecule has 134 valence electrons. The molecule has 2 aromatic rings. The van der Waals surface area contributed by atoms with E-state index in [4.69, 9.17) is 26.2 Å². The molecule has 0 spiro atoms. The number of aromatic carboxylic acids is 1. The van der Waals surface area contributed by atoms with Crippen molar-refractivity contribution in [2.24, 2.45) is 0 Å². The molecule has 0 amide bonds. The van der Waals surface area contributed by atoms with Crippen molar-refractivity contribution in [2.45, 2.75) is 13.8 Å². The highest BCUT2D eigenvalue weighted by molar-refractivity contribution is 6.32. The maximum absolute atomic E-state index is 10.9. The molecular weight excluding hydrogens is 354 g/mol. The van der Waals surface area contributed by atoms with Gasteiger partial charge in [-0.25, -0.2) is 4.79 Å². The number of halogens is 1. The molecule has 0 aliphatic rings. The van der Waals surface area contributed by atoms with Crippen LogP contribution >= 0.6 is 11.6 Å². The number of ether oxygens (including phenoxy) is 2. The zero-order valence-electron chi connectivity index (χ0n) is 14.5. The lowest BCUT2D eigenvalue weighted by Gasteiger charge is -2.13. The highest BCUT2D eigenvalue weighted by Crippen LogP contribution is 2.37. The Bertz CT molecular complexity index is 867. The first-order chi connectivity index (χ1) is 12.5. The molecule has 0 atom stereocenters. The summed E-state index contributed by atoms with van der Waals surface area (Å²) in [4.78, 5) is 10.9. The summed E-state index contributed by atoms with van der Waals surface area (Å²) in [5.74, 6) is -0.0391. The molecule has 0 radical (unpaired) electrons. The zero-order valence-corrected chi connectivity index (χ0v) is 15.2. The average Bonchev–Trinajstić information content (AvgIpc) is 2.63. The molecule has 2 aromatic carbocycles. The van der Waals surface area contributed by atoms with Crippen LogP contribution in [0.5, 0.6) is 11.5 Å². The SMILES string of the molecule is CCOc1cc(/C=C(/C#N)c2ccc(C(=O)O)cc2)cc(Cl)c1OCC. The van der Waals surface area contributed by atoms with Gasteiger partial charge in [-0.1, -0.05) is 23.7 Å². The van der Waals surface area contributed by atoms with Crippen LogP contribution in [0.4, 0.5) is 0 Å². The van der Waals surface area contributed by atoms with Crippen molar-refractivity contribution < 1.29 is 19.4 Å². The van der Waals surface area contributed by atoms with Crippen LogP contribution in [0.15, 0.2) is 36.4 Å². The summed E-state index contributed by atoms with van der Waals surface area (Å²) >= 11 is 6.29. The third-order valence-corrected chi connectivity index (χ3v) is 3.78. The molecule has 26 heavy (non-hydrogen) atoms. The van der Waals surface area contributed by atoms with Crippen LogP contribution in [-0.4, -0.2) is 24.3 Å². The van der Waals surface area contributed by atoms with Crippen LogP contribution in [0, 0.1) is 11.3 Å². The van der Waals surface area contributed by atoms with E-state index < -0.39 is 5.97 Å². The molecule has 5 nitrogen and oxygen atoms in total. The summed E-state index contributed by atoms with van der Waals surface area (Å²) in [6.45, 7) is 4.62. The number of benzene rings is 2. The summed E-state index contributed by atoms with van der Waals surface area (Å²) < 4.78 is 11.1. The Labute approximate surface area is 157 Å². The van der Waals surface area contributed by atoms with Gasteiger partial charge in [0.25, 0.3) is 0 Å². The molecule has 6 heteroatoms. The summed E-state index contributed by atoms with van der Waals surface area (Å²) in [5, 5.41) is 18.8. The minimum absolute atomic E-state index is 0.161.